The van der Waals surface area contributed by atoms with E-state index >= 15 is 0 Å². The highest BCUT2D eigenvalue weighted by molar-refractivity contribution is 5.75. The average Bonchev–Trinajstić information content (AvgIpc) is 3.17. The molecule has 11 heteroatoms. The number of aliphatic imine (C=N–C) groups is 1. The molecule has 2 aromatic rings. The van der Waals surface area contributed by atoms with E-state index in [4.69, 9.17) is 19.9 Å². The van der Waals surface area contributed by atoms with Crippen molar-refractivity contribution in [1.82, 2.24) is 14.6 Å². The number of nitrogens with two attached hydrogens (primary N) is 1. The smallest absolute Gasteiger partial charge is 0.432 e. The minimum absolute atomic E-state index is 0.245. The molecule has 1 fully saturated rings. The van der Waals surface area contributed by atoms with Gasteiger partial charge in [0.15, 0.2) is 11.4 Å². The van der Waals surface area contributed by atoms with Crippen molar-refractivity contribution in [3.63, 3.8) is 0 Å². The van der Waals surface area contributed by atoms with E-state index in [0.717, 1.165) is 0 Å². The fourth-order valence-corrected chi connectivity index (χ4v) is 3.18. The maximum Gasteiger partial charge on any atom is 0.508 e. The second-order valence-corrected chi connectivity index (χ2v) is 6.66. The Morgan fingerprint density at radius 3 is 2.93 bits per heavy atom. The number of nitrogen functional groups attached to an aromatic ring is 1. The lowest BCUT2D eigenvalue weighted by molar-refractivity contribution is -0.0655. The number of fused-ring (bicyclic) bond motifs is 1. The Morgan fingerprint density at radius 1 is 1.50 bits per heavy atom. The van der Waals surface area contributed by atoms with Crippen LogP contribution in [0.15, 0.2) is 23.5 Å². The van der Waals surface area contributed by atoms with Gasteiger partial charge in [-0.25, -0.2) is 14.3 Å². The van der Waals surface area contributed by atoms with Crippen LogP contribution in [0.3, 0.4) is 0 Å². The van der Waals surface area contributed by atoms with Crippen LogP contribution in [0.2, 0.25) is 0 Å². The van der Waals surface area contributed by atoms with Crippen LogP contribution in [0.4, 0.5) is 10.6 Å². The summed E-state index contributed by atoms with van der Waals surface area (Å²) in [5, 5.41) is 25.5. The number of hydrogen-bond donors (Lipinski definition) is 3. The highest BCUT2D eigenvalue weighted by Crippen LogP contribution is 2.39. The summed E-state index contributed by atoms with van der Waals surface area (Å²) in [4.78, 5) is 19.5. The van der Waals surface area contributed by atoms with E-state index in [1.807, 2.05) is 0 Å². The van der Waals surface area contributed by atoms with Gasteiger partial charge in [0, 0.05) is 13.3 Å². The zero-order valence-electron chi connectivity index (χ0n) is 15.7. The Hall–Kier alpha value is -2.76. The van der Waals surface area contributed by atoms with Gasteiger partial charge >= 0.3 is 6.16 Å². The molecule has 0 amide bonds. The number of hydrogen-bond acceptors (Lipinski definition) is 10. The normalized spacial score (nSPS) is 27.7. The number of carbonyl (C=O) groups is 1. The molecule has 1 aliphatic rings. The number of carbonyl (C=O) groups excluding carboxylic acids is 1. The zero-order chi connectivity index (χ0) is 20.5. The summed E-state index contributed by atoms with van der Waals surface area (Å²) in [5.41, 5.74) is 5.23. The first kappa shape index (κ1) is 20.0. The van der Waals surface area contributed by atoms with Gasteiger partial charge in [0.1, 0.15) is 36.8 Å². The van der Waals surface area contributed by atoms with E-state index in [1.54, 1.807) is 26.0 Å². The van der Waals surface area contributed by atoms with Crippen LogP contribution < -0.4 is 5.73 Å². The van der Waals surface area contributed by atoms with Crippen molar-refractivity contribution in [1.29, 1.82) is 0 Å². The molecule has 11 nitrogen and oxygen atoms in total. The molecule has 0 aromatic carbocycles. The van der Waals surface area contributed by atoms with E-state index in [0.29, 0.717) is 11.2 Å². The predicted octanol–water partition coefficient (Wildman–Crippen LogP) is -0.110. The SMILES string of the molecule is CN=C[C@@]1(c2ccc3c(N)ncnn23)O[C@H](COC(=O)OC(C)C)[C@@H](O)[C@H]1O. The molecule has 0 radical (unpaired) electrons. The summed E-state index contributed by atoms with van der Waals surface area (Å²) in [6.45, 7) is 3.05. The van der Waals surface area contributed by atoms with E-state index in [9.17, 15) is 15.0 Å². The lowest BCUT2D eigenvalue weighted by Crippen LogP contribution is -2.43. The van der Waals surface area contributed by atoms with Crippen LogP contribution in [0.25, 0.3) is 5.52 Å². The largest absolute Gasteiger partial charge is 0.508 e. The molecule has 4 N–H and O–H groups in total. The van der Waals surface area contributed by atoms with Crippen LogP contribution >= 0.6 is 0 Å². The fourth-order valence-electron chi connectivity index (χ4n) is 3.18. The second kappa shape index (κ2) is 7.70. The van der Waals surface area contributed by atoms with Crippen molar-refractivity contribution in [2.24, 2.45) is 4.99 Å². The molecule has 0 unspecified atom stereocenters. The molecule has 4 atom stereocenters. The zero-order valence-corrected chi connectivity index (χ0v) is 15.7. The monoisotopic (exact) mass is 393 g/mol. The predicted molar refractivity (Wildman–Crippen MR) is 97.9 cm³/mol. The molecule has 0 aliphatic carbocycles. The van der Waals surface area contributed by atoms with E-state index in [1.165, 1.54) is 24.1 Å². The highest BCUT2D eigenvalue weighted by Gasteiger charge is 2.56. The van der Waals surface area contributed by atoms with Crippen LogP contribution in [-0.2, 0) is 19.8 Å². The van der Waals surface area contributed by atoms with Crippen LogP contribution in [-0.4, -0.2) is 75.3 Å². The van der Waals surface area contributed by atoms with Crippen molar-refractivity contribution in [2.75, 3.05) is 19.4 Å². The Balaban J connectivity index is 1.92. The summed E-state index contributed by atoms with van der Waals surface area (Å²) in [6.07, 6.45) is -2.38. The molecular formula is C17H23N5O6. The number of rotatable bonds is 5. The van der Waals surface area contributed by atoms with Gasteiger partial charge in [-0.05, 0) is 26.0 Å². The summed E-state index contributed by atoms with van der Waals surface area (Å²) < 4.78 is 17.3. The van der Waals surface area contributed by atoms with Crippen molar-refractivity contribution in [3.8, 4) is 0 Å². The van der Waals surface area contributed by atoms with Gasteiger partial charge in [-0.3, -0.25) is 4.99 Å². The molecule has 0 saturated carbocycles. The van der Waals surface area contributed by atoms with Crippen molar-refractivity contribution in [3.05, 3.63) is 24.2 Å². The third-order valence-corrected chi connectivity index (χ3v) is 4.39. The number of aliphatic hydroxyl groups excluding tert-OH is 2. The molecule has 3 rings (SSSR count). The van der Waals surface area contributed by atoms with Gasteiger partial charge in [-0.2, -0.15) is 5.10 Å². The van der Waals surface area contributed by atoms with Gasteiger partial charge in [0.25, 0.3) is 0 Å². The quantitative estimate of drug-likeness (QED) is 0.466. The molecule has 3 heterocycles. The van der Waals surface area contributed by atoms with E-state index in [-0.39, 0.29) is 18.5 Å². The molecule has 1 saturated heterocycles. The van der Waals surface area contributed by atoms with Gasteiger partial charge in [0.05, 0.1) is 11.8 Å². The van der Waals surface area contributed by atoms with Crippen LogP contribution in [0.5, 0.6) is 0 Å². The maximum atomic E-state index is 11.6. The van der Waals surface area contributed by atoms with Crippen molar-refractivity contribution in [2.45, 2.75) is 43.9 Å². The number of anilines is 1. The first-order valence-electron chi connectivity index (χ1n) is 8.69. The molecular weight excluding hydrogens is 370 g/mol. The lowest BCUT2D eigenvalue weighted by atomic mass is 9.92. The molecule has 152 valence electrons. The first-order chi connectivity index (χ1) is 13.3. The maximum absolute atomic E-state index is 11.6. The van der Waals surface area contributed by atoms with Gasteiger partial charge < -0.3 is 30.2 Å². The molecule has 1 aliphatic heterocycles. The lowest BCUT2D eigenvalue weighted by Gasteiger charge is -2.27. The minimum Gasteiger partial charge on any atom is -0.432 e. The molecule has 28 heavy (non-hydrogen) atoms. The van der Waals surface area contributed by atoms with E-state index < -0.39 is 30.1 Å². The Bertz CT molecular complexity index is 884. The minimum atomic E-state index is -1.53. The average molecular weight is 393 g/mol. The van der Waals surface area contributed by atoms with Crippen molar-refractivity contribution >= 4 is 23.7 Å². The number of aliphatic hydroxyl groups is 2. The number of nitrogens with zero attached hydrogens (tertiary/aromatic N) is 4. The van der Waals surface area contributed by atoms with Crippen LogP contribution in [0, 0.1) is 0 Å². The van der Waals surface area contributed by atoms with Gasteiger partial charge in [-0.15, -0.1) is 0 Å². The first-order valence-corrected chi connectivity index (χ1v) is 8.69. The Morgan fingerprint density at radius 2 is 2.25 bits per heavy atom. The van der Waals surface area contributed by atoms with Crippen LogP contribution in [0.1, 0.15) is 19.5 Å². The third-order valence-electron chi connectivity index (χ3n) is 4.39. The number of ether oxygens (including phenoxy) is 3. The Kier molecular flexibility index (Phi) is 5.49. The third kappa shape index (κ3) is 3.39. The van der Waals surface area contributed by atoms with Gasteiger partial charge in [0.2, 0.25) is 0 Å². The topological polar surface area (TPSA) is 154 Å². The standard InChI is InChI=1S/C17H23N5O6/c1-9(2)27-16(25)26-6-11-13(23)14(24)17(28-11,7-19-3)12-5-4-10-15(18)20-8-21-22(10)12/h4-5,7-9,11,13-14,23-24H,6H2,1-3H3,(H2,18,20,21)/t11-,13-,14-,17+/m1/s1. The number of aromatic nitrogens is 3. The summed E-state index contributed by atoms with van der Waals surface area (Å²) in [7, 11) is 1.51. The molecule has 2 aromatic heterocycles. The van der Waals surface area contributed by atoms with Crippen molar-refractivity contribution < 1.29 is 29.2 Å². The molecule has 0 spiro atoms. The summed E-state index contributed by atoms with van der Waals surface area (Å²) >= 11 is 0. The second-order valence-electron chi connectivity index (χ2n) is 6.66. The summed E-state index contributed by atoms with van der Waals surface area (Å²) in [5.74, 6) is 0.245. The fraction of sp³-hybridized carbons (Fsp3) is 0.529. The molecule has 0 bridgehead atoms. The highest BCUT2D eigenvalue weighted by atomic mass is 16.7. The van der Waals surface area contributed by atoms with Gasteiger partial charge in [-0.1, -0.05) is 0 Å². The summed E-state index contributed by atoms with van der Waals surface area (Å²) in [6, 6.07) is 3.32. The Labute approximate surface area is 160 Å². The van der Waals surface area contributed by atoms with E-state index in [2.05, 4.69) is 15.1 Å².